The van der Waals surface area contributed by atoms with Crippen LogP contribution in [0.15, 0.2) is 36.3 Å². The second-order valence-electron chi connectivity index (χ2n) is 7.10. The molecule has 1 heterocycles. The number of nitrogens with two attached hydrogens (primary N) is 1. The van der Waals surface area contributed by atoms with Gasteiger partial charge in [0.25, 0.3) is 0 Å². The van der Waals surface area contributed by atoms with Gasteiger partial charge in [0.05, 0.1) is 24.2 Å². The van der Waals surface area contributed by atoms with Crippen molar-refractivity contribution in [2.75, 3.05) is 13.2 Å². The van der Waals surface area contributed by atoms with Gasteiger partial charge in [0.15, 0.2) is 0 Å². The molecule has 0 aromatic heterocycles. The van der Waals surface area contributed by atoms with E-state index in [1.165, 1.54) is 6.26 Å². The summed E-state index contributed by atoms with van der Waals surface area (Å²) in [6.45, 7) is 2.15. The molecule has 1 amide bonds. The van der Waals surface area contributed by atoms with E-state index in [9.17, 15) is 14.4 Å². The molecule has 2 N–H and O–H groups in total. The number of ketones is 1. The number of allylic oxidation sites excluding steroid dienone is 1. The molecule has 3 unspecified atom stereocenters. The molecule has 1 saturated carbocycles. The van der Waals surface area contributed by atoms with Crippen molar-refractivity contribution in [3.63, 3.8) is 0 Å². The normalized spacial score (nSPS) is 23.4. The van der Waals surface area contributed by atoms with Crippen molar-refractivity contribution in [1.82, 2.24) is 0 Å². The van der Waals surface area contributed by atoms with E-state index in [1.54, 1.807) is 24.3 Å². The Morgan fingerprint density at radius 3 is 2.66 bits per heavy atom. The first-order chi connectivity index (χ1) is 14.0. The number of primary amides is 1. The fourth-order valence-electron chi connectivity index (χ4n) is 3.42. The van der Waals surface area contributed by atoms with Crippen molar-refractivity contribution in [1.29, 1.82) is 0 Å². The lowest BCUT2D eigenvalue weighted by Gasteiger charge is -2.36. The van der Waals surface area contributed by atoms with Gasteiger partial charge in [-0.1, -0.05) is 6.92 Å². The molecular weight excluding hydrogens is 378 g/mol. The molecule has 1 aliphatic carbocycles. The molecule has 2 aliphatic rings. The first kappa shape index (κ1) is 20.9. The van der Waals surface area contributed by atoms with Crippen LogP contribution < -0.4 is 10.5 Å². The van der Waals surface area contributed by atoms with Gasteiger partial charge in [-0.15, -0.1) is 0 Å². The zero-order valence-electron chi connectivity index (χ0n) is 16.3. The van der Waals surface area contributed by atoms with Crippen LogP contribution in [0.2, 0.25) is 0 Å². The highest BCUT2D eigenvalue weighted by Gasteiger charge is 2.41. The molecule has 8 nitrogen and oxygen atoms in total. The Bertz CT molecular complexity index is 787. The van der Waals surface area contributed by atoms with E-state index in [0.29, 0.717) is 37.2 Å². The first-order valence-electron chi connectivity index (χ1n) is 9.72. The molecule has 29 heavy (non-hydrogen) atoms. The summed E-state index contributed by atoms with van der Waals surface area (Å²) in [7, 11) is 0. The monoisotopic (exact) mass is 403 g/mol. The molecule has 0 radical (unpaired) electrons. The van der Waals surface area contributed by atoms with Crippen LogP contribution in [-0.4, -0.2) is 43.1 Å². The highest BCUT2D eigenvalue weighted by molar-refractivity contribution is 5.96. The van der Waals surface area contributed by atoms with Gasteiger partial charge in [-0.25, -0.2) is 4.79 Å². The third-order valence-corrected chi connectivity index (χ3v) is 4.89. The van der Waals surface area contributed by atoms with Crippen molar-refractivity contribution >= 4 is 17.7 Å². The average Bonchev–Trinajstić information content (AvgIpc) is 2.73. The predicted octanol–water partition coefficient (Wildman–Crippen LogP) is 2.11. The Morgan fingerprint density at radius 2 is 1.97 bits per heavy atom. The second-order valence-corrected chi connectivity index (χ2v) is 7.10. The third-order valence-electron chi connectivity index (χ3n) is 4.89. The van der Waals surface area contributed by atoms with E-state index in [-0.39, 0.29) is 36.3 Å². The quantitative estimate of drug-likeness (QED) is 0.661. The molecule has 1 aromatic rings. The van der Waals surface area contributed by atoms with E-state index in [4.69, 9.17) is 24.7 Å². The summed E-state index contributed by atoms with van der Waals surface area (Å²) in [5, 5.41) is 0. The van der Waals surface area contributed by atoms with Crippen molar-refractivity contribution in [3.05, 3.63) is 41.9 Å². The Kier molecular flexibility index (Phi) is 6.87. The summed E-state index contributed by atoms with van der Waals surface area (Å²) in [5.74, 6) is -0.796. The molecule has 0 bridgehead atoms. The van der Waals surface area contributed by atoms with Crippen LogP contribution in [0.3, 0.4) is 0 Å². The number of carbonyl (C=O) groups is 3. The van der Waals surface area contributed by atoms with Gasteiger partial charge in [0.2, 0.25) is 17.4 Å². The molecule has 0 spiro atoms. The summed E-state index contributed by atoms with van der Waals surface area (Å²) in [4.78, 5) is 35.5. The minimum Gasteiger partial charge on any atom is -0.493 e. The zero-order valence-corrected chi connectivity index (χ0v) is 16.3. The molecule has 0 saturated heterocycles. The summed E-state index contributed by atoms with van der Waals surface area (Å²) < 4.78 is 21.9. The van der Waals surface area contributed by atoms with Crippen LogP contribution in [-0.2, 0) is 23.8 Å². The molecule has 156 valence electrons. The van der Waals surface area contributed by atoms with Crippen molar-refractivity contribution in [2.24, 2.45) is 11.7 Å². The van der Waals surface area contributed by atoms with E-state index in [2.05, 4.69) is 0 Å². The maximum absolute atomic E-state index is 12.8. The van der Waals surface area contributed by atoms with Crippen molar-refractivity contribution in [2.45, 2.75) is 44.8 Å². The van der Waals surface area contributed by atoms with Gasteiger partial charge >= 0.3 is 5.97 Å². The predicted molar refractivity (Wildman–Crippen MR) is 102 cm³/mol. The van der Waals surface area contributed by atoms with Gasteiger partial charge in [-0.05, 0) is 43.5 Å². The van der Waals surface area contributed by atoms with E-state index in [0.717, 1.165) is 6.42 Å². The highest BCUT2D eigenvalue weighted by atomic mass is 16.5. The summed E-state index contributed by atoms with van der Waals surface area (Å²) in [6, 6.07) is 6.40. The maximum Gasteiger partial charge on any atom is 0.338 e. The molecule has 3 rings (SSSR count). The fraction of sp³-hybridized carbons (Fsp3) is 0.476. The van der Waals surface area contributed by atoms with E-state index < -0.39 is 11.9 Å². The Hall–Kier alpha value is -2.87. The molecule has 1 aromatic carbocycles. The topological polar surface area (TPSA) is 114 Å². The molecule has 8 heteroatoms. The van der Waals surface area contributed by atoms with E-state index >= 15 is 0 Å². The lowest BCUT2D eigenvalue weighted by Crippen LogP contribution is -2.43. The second kappa shape index (κ2) is 9.56. The first-order valence-corrected chi connectivity index (χ1v) is 9.72. The number of ether oxygens (including phenoxy) is 4. The Morgan fingerprint density at radius 1 is 1.21 bits per heavy atom. The van der Waals surface area contributed by atoms with Crippen LogP contribution in [0.4, 0.5) is 0 Å². The standard InChI is InChI=1S/C21H25NO7/c1-2-9-26-21(25)13-3-5-14(6-4-13)29-18-11-28-17-10-15(27-12-19(22)23)7-8-16(17)20(18)24/h3-6,11,15-17H,2,7-10,12H2,1H3,(H2,22,23). The van der Waals surface area contributed by atoms with Crippen molar-refractivity contribution < 1.29 is 33.3 Å². The van der Waals surface area contributed by atoms with Gasteiger partial charge in [0.1, 0.15) is 24.7 Å². The Labute approximate surface area is 168 Å². The van der Waals surface area contributed by atoms with Gasteiger partial charge in [-0.2, -0.15) is 0 Å². The molecule has 3 atom stereocenters. The smallest absolute Gasteiger partial charge is 0.338 e. The maximum atomic E-state index is 12.8. The summed E-state index contributed by atoms with van der Waals surface area (Å²) >= 11 is 0. The minimum atomic E-state index is -0.520. The number of benzene rings is 1. The Balaban J connectivity index is 1.58. The number of amides is 1. The number of fused-ring (bicyclic) bond motifs is 1. The van der Waals surface area contributed by atoms with Gasteiger partial charge < -0.3 is 24.7 Å². The highest BCUT2D eigenvalue weighted by Crippen LogP contribution is 2.35. The molecular formula is C21H25NO7. The average molecular weight is 403 g/mol. The zero-order chi connectivity index (χ0) is 20.8. The van der Waals surface area contributed by atoms with E-state index in [1.807, 2.05) is 6.92 Å². The van der Waals surface area contributed by atoms with Crippen molar-refractivity contribution in [3.8, 4) is 5.75 Å². The van der Waals surface area contributed by atoms with Crippen LogP contribution in [0.5, 0.6) is 5.75 Å². The number of esters is 1. The number of hydrogen-bond donors (Lipinski definition) is 1. The lowest BCUT2D eigenvalue weighted by atomic mass is 9.80. The number of hydrogen-bond acceptors (Lipinski definition) is 7. The van der Waals surface area contributed by atoms with Crippen LogP contribution in [0.25, 0.3) is 0 Å². The largest absolute Gasteiger partial charge is 0.493 e. The number of Topliss-reactive ketones (excluding diaryl/α,β-unsaturated/α-hetero) is 1. The SMILES string of the molecule is CCCOC(=O)c1ccc(OC2=COC3CC(OCC(N)=O)CCC3C2=O)cc1. The number of carbonyl (C=O) groups excluding carboxylic acids is 3. The van der Waals surface area contributed by atoms with Crippen LogP contribution in [0, 0.1) is 5.92 Å². The van der Waals surface area contributed by atoms with Crippen LogP contribution >= 0.6 is 0 Å². The molecule has 1 aliphatic heterocycles. The lowest BCUT2D eigenvalue weighted by molar-refractivity contribution is -0.137. The number of rotatable bonds is 8. The van der Waals surface area contributed by atoms with Gasteiger partial charge in [-0.3, -0.25) is 9.59 Å². The molecule has 1 fully saturated rings. The third kappa shape index (κ3) is 5.35. The van der Waals surface area contributed by atoms with Gasteiger partial charge in [0, 0.05) is 6.42 Å². The summed E-state index contributed by atoms with van der Waals surface area (Å²) in [6.07, 6.45) is 3.35. The minimum absolute atomic E-state index is 0.124. The van der Waals surface area contributed by atoms with Crippen LogP contribution in [0.1, 0.15) is 43.0 Å². The fourth-order valence-corrected chi connectivity index (χ4v) is 3.42. The summed E-state index contributed by atoms with van der Waals surface area (Å²) in [5.41, 5.74) is 5.52.